The second-order valence-electron chi connectivity index (χ2n) is 4.14. The molecule has 0 atom stereocenters. The zero-order valence-corrected chi connectivity index (χ0v) is 10.7. The second kappa shape index (κ2) is 6.65. The summed E-state index contributed by atoms with van der Waals surface area (Å²) in [5, 5.41) is 0. The van der Waals surface area contributed by atoms with E-state index in [0.29, 0.717) is 0 Å². The van der Waals surface area contributed by atoms with Gasteiger partial charge in [-0.3, -0.25) is 0 Å². The minimum absolute atomic E-state index is 0.869. The average Bonchev–Trinajstić information content (AvgIpc) is 2.42. The van der Waals surface area contributed by atoms with E-state index in [1.165, 1.54) is 0 Å². The van der Waals surface area contributed by atoms with E-state index in [0.717, 1.165) is 29.9 Å². The topological polar surface area (TPSA) is 9.23 Å². The van der Waals surface area contributed by atoms with Crippen molar-refractivity contribution in [3.05, 3.63) is 66.2 Å². The minimum atomic E-state index is 0.869. The molecule has 0 spiro atoms. The van der Waals surface area contributed by atoms with Crippen molar-refractivity contribution in [2.24, 2.45) is 0 Å². The standard InChI is InChI=1S/C17H18O/c1-2-3-5-10-15-11-8-9-14-17(15)18-16-12-6-4-7-13-16/h4-14H,2-3H2,1H3/b10-5+. The fourth-order valence-electron chi connectivity index (χ4n) is 1.70. The van der Waals surface area contributed by atoms with Gasteiger partial charge >= 0.3 is 0 Å². The third-order valence-corrected chi connectivity index (χ3v) is 2.64. The summed E-state index contributed by atoms with van der Waals surface area (Å²) in [5.74, 6) is 1.77. The number of ether oxygens (including phenoxy) is 1. The third kappa shape index (κ3) is 3.49. The molecule has 0 aliphatic rings. The molecule has 0 aliphatic heterocycles. The SMILES string of the molecule is CCC/C=C/c1ccccc1Oc1ccccc1. The lowest BCUT2D eigenvalue weighted by atomic mass is 10.1. The number of allylic oxidation sites excluding steroid dienone is 1. The molecule has 0 fully saturated rings. The maximum Gasteiger partial charge on any atom is 0.134 e. The van der Waals surface area contributed by atoms with Crippen molar-refractivity contribution in [1.82, 2.24) is 0 Å². The fraction of sp³-hybridized carbons (Fsp3) is 0.176. The zero-order chi connectivity index (χ0) is 12.6. The summed E-state index contributed by atoms with van der Waals surface area (Å²) < 4.78 is 5.89. The summed E-state index contributed by atoms with van der Waals surface area (Å²) in [4.78, 5) is 0. The largest absolute Gasteiger partial charge is 0.457 e. The summed E-state index contributed by atoms with van der Waals surface area (Å²) in [7, 11) is 0. The lowest BCUT2D eigenvalue weighted by Gasteiger charge is -2.08. The lowest BCUT2D eigenvalue weighted by Crippen LogP contribution is -1.86. The van der Waals surface area contributed by atoms with E-state index in [-0.39, 0.29) is 0 Å². The number of benzene rings is 2. The highest BCUT2D eigenvalue weighted by Crippen LogP contribution is 2.25. The van der Waals surface area contributed by atoms with Crippen molar-refractivity contribution < 1.29 is 4.74 Å². The maximum atomic E-state index is 5.89. The average molecular weight is 238 g/mol. The molecular weight excluding hydrogens is 220 g/mol. The predicted molar refractivity (Wildman–Crippen MR) is 76.9 cm³/mol. The Labute approximate surface area is 109 Å². The molecule has 92 valence electrons. The van der Waals surface area contributed by atoms with Gasteiger partial charge in [-0.1, -0.05) is 61.9 Å². The quantitative estimate of drug-likeness (QED) is 0.687. The second-order valence-corrected chi connectivity index (χ2v) is 4.14. The molecule has 1 heteroatoms. The van der Waals surface area contributed by atoms with Crippen LogP contribution in [-0.2, 0) is 0 Å². The van der Waals surface area contributed by atoms with Gasteiger partial charge in [0.2, 0.25) is 0 Å². The Morgan fingerprint density at radius 1 is 0.944 bits per heavy atom. The Bertz CT molecular complexity index is 500. The van der Waals surface area contributed by atoms with Gasteiger partial charge in [0.05, 0.1) is 0 Å². The Kier molecular flexibility index (Phi) is 4.60. The van der Waals surface area contributed by atoms with E-state index < -0.39 is 0 Å². The molecule has 2 rings (SSSR count). The normalized spacial score (nSPS) is 10.7. The van der Waals surface area contributed by atoms with Crippen LogP contribution in [-0.4, -0.2) is 0 Å². The molecule has 0 unspecified atom stereocenters. The van der Waals surface area contributed by atoms with Gasteiger partial charge in [-0.05, 0) is 24.6 Å². The zero-order valence-electron chi connectivity index (χ0n) is 10.7. The summed E-state index contributed by atoms with van der Waals surface area (Å²) >= 11 is 0. The van der Waals surface area contributed by atoms with Crippen molar-refractivity contribution in [3.63, 3.8) is 0 Å². The Morgan fingerprint density at radius 2 is 1.67 bits per heavy atom. The van der Waals surface area contributed by atoms with Crippen molar-refractivity contribution in [3.8, 4) is 11.5 Å². The Balaban J connectivity index is 2.17. The molecule has 1 nitrogen and oxygen atoms in total. The van der Waals surface area contributed by atoms with Crippen LogP contribution in [0.15, 0.2) is 60.7 Å². The van der Waals surface area contributed by atoms with Crippen LogP contribution >= 0.6 is 0 Å². The van der Waals surface area contributed by atoms with Gasteiger partial charge in [-0.25, -0.2) is 0 Å². The first-order valence-corrected chi connectivity index (χ1v) is 6.38. The van der Waals surface area contributed by atoms with Crippen LogP contribution in [0.5, 0.6) is 11.5 Å². The first-order chi connectivity index (χ1) is 8.90. The van der Waals surface area contributed by atoms with Crippen molar-refractivity contribution in [2.75, 3.05) is 0 Å². The summed E-state index contributed by atoms with van der Waals surface area (Å²) in [6, 6.07) is 18.0. The van der Waals surface area contributed by atoms with E-state index in [4.69, 9.17) is 4.74 Å². The van der Waals surface area contributed by atoms with Crippen LogP contribution in [0.1, 0.15) is 25.3 Å². The molecule has 2 aromatic rings. The van der Waals surface area contributed by atoms with Crippen LogP contribution in [0, 0.1) is 0 Å². The highest BCUT2D eigenvalue weighted by atomic mass is 16.5. The highest BCUT2D eigenvalue weighted by Gasteiger charge is 2.00. The van der Waals surface area contributed by atoms with E-state index >= 15 is 0 Å². The predicted octanol–water partition coefficient (Wildman–Crippen LogP) is 5.29. The van der Waals surface area contributed by atoms with Crippen LogP contribution in [0.3, 0.4) is 0 Å². The van der Waals surface area contributed by atoms with Gasteiger partial charge < -0.3 is 4.74 Å². The maximum absolute atomic E-state index is 5.89. The molecule has 0 saturated heterocycles. The van der Waals surface area contributed by atoms with Crippen LogP contribution in [0.2, 0.25) is 0 Å². The van der Waals surface area contributed by atoms with Gasteiger partial charge in [0.1, 0.15) is 11.5 Å². The number of hydrogen-bond donors (Lipinski definition) is 0. The minimum Gasteiger partial charge on any atom is -0.457 e. The van der Waals surface area contributed by atoms with Crippen LogP contribution in [0.4, 0.5) is 0 Å². The first kappa shape index (κ1) is 12.4. The molecule has 0 heterocycles. The molecule has 0 radical (unpaired) electrons. The Hall–Kier alpha value is -2.02. The molecule has 0 aliphatic carbocycles. The highest BCUT2D eigenvalue weighted by molar-refractivity contribution is 5.57. The molecule has 0 aromatic heterocycles. The van der Waals surface area contributed by atoms with Crippen molar-refractivity contribution >= 4 is 6.08 Å². The van der Waals surface area contributed by atoms with E-state index in [1.807, 2.05) is 48.5 Å². The first-order valence-electron chi connectivity index (χ1n) is 6.38. The molecule has 0 N–H and O–H groups in total. The number of unbranched alkanes of at least 4 members (excludes halogenated alkanes) is 1. The van der Waals surface area contributed by atoms with Crippen molar-refractivity contribution in [1.29, 1.82) is 0 Å². The third-order valence-electron chi connectivity index (χ3n) is 2.64. The van der Waals surface area contributed by atoms with Crippen LogP contribution < -0.4 is 4.74 Å². The fourth-order valence-corrected chi connectivity index (χ4v) is 1.70. The van der Waals surface area contributed by atoms with E-state index in [9.17, 15) is 0 Å². The molecule has 0 bridgehead atoms. The monoisotopic (exact) mass is 238 g/mol. The van der Waals surface area contributed by atoms with Gasteiger partial charge in [0, 0.05) is 5.56 Å². The van der Waals surface area contributed by atoms with Gasteiger partial charge in [0.15, 0.2) is 0 Å². The van der Waals surface area contributed by atoms with E-state index in [2.05, 4.69) is 25.1 Å². The van der Waals surface area contributed by atoms with Gasteiger partial charge in [-0.2, -0.15) is 0 Å². The van der Waals surface area contributed by atoms with E-state index in [1.54, 1.807) is 0 Å². The smallest absolute Gasteiger partial charge is 0.134 e. The summed E-state index contributed by atoms with van der Waals surface area (Å²) in [6.07, 6.45) is 6.58. The number of hydrogen-bond acceptors (Lipinski definition) is 1. The molecule has 0 amide bonds. The molecule has 0 saturated carbocycles. The lowest BCUT2D eigenvalue weighted by molar-refractivity contribution is 0.481. The van der Waals surface area contributed by atoms with Gasteiger partial charge in [-0.15, -0.1) is 0 Å². The number of rotatable bonds is 5. The van der Waals surface area contributed by atoms with Crippen molar-refractivity contribution in [2.45, 2.75) is 19.8 Å². The molecule has 18 heavy (non-hydrogen) atoms. The van der Waals surface area contributed by atoms with Gasteiger partial charge in [0.25, 0.3) is 0 Å². The Morgan fingerprint density at radius 3 is 2.44 bits per heavy atom. The summed E-state index contributed by atoms with van der Waals surface area (Å²) in [5.41, 5.74) is 1.12. The van der Waals surface area contributed by atoms with Crippen LogP contribution in [0.25, 0.3) is 6.08 Å². The summed E-state index contributed by atoms with van der Waals surface area (Å²) in [6.45, 7) is 2.18. The molecule has 2 aromatic carbocycles. The number of para-hydroxylation sites is 2. The molecular formula is C17H18O.